The van der Waals surface area contributed by atoms with Crippen LogP contribution < -0.4 is 4.90 Å². The van der Waals surface area contributed by atoms with Crippen molar-refractivity contribution in [3.05, 3.63) is 203 Å². The molecule has 0 saturated carbocycles. The molecule has 1 aliphatic heterocycles. The summed E-state index contributed by atoms with van der Waals surface area (Å²) < 4.78 is 86.0. The number of aryl methyl sites for hydroxylation is 2. The van der Waals surface area contributed by atoms with Crippen LogP contribution in [0.25, 0.3) is 72.0 Å². The minimum absolute atomic E-state index is 0.146. The van der Waals surface area contributed by atoms with Crippen molar-refractivity contribution in [3.63, 3.8) is 0 Å². The topological polar surface area (TPSA) is 42.3 Å². The molecule has 8 aromatic carbocycles. The predicted octanol–water partition coefficient (Wildman–Crippen LogP) is 14.9. The molecule has 0 N–H and O–H groups in total. The number of carbonyl (C=O) groups excluding carboxylic acids is 2. The molecule has 0 spiro atoms. The third-order valence-corrected chi connectivity index (χ3v) is 11.8. The van der Waals surface area contributed by atoms with Crippen LogP contribution in [0, 0.1) is 13.8 Å². The Kier molecular flexibility index (Phi) is 9.44. The molecule has 4 nitrogen and oxygen atoms in total. The van der Waals surface area contributed by atoms with Crippen LogP contribution in [0.1, 0.15) is 43.0 Å². The first-order valence-electron chi connectivity index (χ1n) is 20.4. The third kappa shape index (κ3) is 7.01. The molecule has 2 amide bonds. The summed E-state index contributed by atoms with van der Waals surface area (Å²) in [4.78, 5) is 30.7. The molecule has 0 bridgehead atoms. The van der Waals surface area contributed by atoms with Gasteiger partial charge in [0.15, 0.2) is 0 Å². The Morgan fingerprint density at radius 2 is 0.875 bits per heavy atom. The van der Waals surface area contributed by atoms with E-state index in [4.69, 9.17) is 0 Å². The van der Waals surface area contributed by atoms with Crippen molar-refractivity contribution in [2.75, 3.05) is 4.90 Å². The number of imide groups is 1. The van der Waals surface area contributed by atoms with Crippen LogP contribution in [0.2, 0.25) is 0 Å². The van der Waals surface area contributed by atoms with Crippen LogP contribution in [-0.2, 0) is 12.4 Å². The van der Waals surface area contributed by atoms with Crippen LogP contribution in [0.5, 0.6) is 0 Å². The number of amides is 2. The maximum atomic E-state index is 15.0. The fourth-order valence-electron chi connectivity index (χ4n) is 8.89. The number of alkyl halides is 6. The zero-order valence-corrected chi connectivity index (χ0v) is 34.1. The van der Waals surface area contributed by atoms with Crippen LogP contribution in [0.3, 0.4) is 0 Å². The number of nitrogens with zero attached hydrogens (tertiary/aromatic N) is 2. The number of hydrogen-bond acceptors (Lipinski definition) is 2. The number of fused-ring (bicyclic) bond motifs is 4. The van der Waals surface area contributed by atoms with Crippen molar-refractivity contribution < 1.29 is 35.9 Å². The summed E-state index contributed by atoms with van der Waals surface area (Å²) in [5, 5.41) is 1.14. The van der Waals surface area contributed by atoms with Crippen molar-refractivity contribution in [1.82, 2.24) is 4.57 Å². The smallest absolute Gasteiger partial charge is 0.308 e. The lowest BCUT2D eigenvalue weighted by atomic mass is 9.96. The van der Waals surface area contributed by atoms with Crippen LogP contribution in [0.15, 0.2) is 170 Å². The van der Waals surface area contributed by atoms with Crippen molar-refractivity contribution in [2.45, 2.75) is 26.2 Å². The summed E-state index contributed by atoms with van der Waals surface area (Å²) >= 11 is 0. The van der Waals surface area contributed by atoms with Gasteiger partial charge in [0.2, 0.25) is 0 Å². The maximum Gasteiger partial charge on any atom is 0.416 e. The molecule has 10 rings (SSSR count). The van der Waals surface area contributed by atoms with Gasteiger partial charge in [-0.05, 0) is 148 Å². The van der Waals surface area contributed by atoms with E-state index in [1.165, 1.54) is 4.90 Å². The quantitative estimate of drug-likeness (QED) is 0.123. The van der Waals surface area contributed by atoms with Crippen LogP contribution in [0.4, 0.5) is 32.0 Å². The van der Waals surface area contributed by atoms with Crippen LogP contribution in [-0.4, -0.2) is 16.4 Å². The summed E-state index contributed by atoms with van der Waals surface area (Å²) in [6.45, 7) is 3.18. The number of carbonyl (C=O) groups is 2. The molecule has 1 aromatic heterocycles. The van der Waals surface area contributed by atoms with Gasteiger partial charge in [0, 0.05) is 10.8 Å². The fourth-order valence-corrected chi connectivity index (χ4v) is 8.89. The Morgan fingerprint density at radius 1 is 0.406 bits per heavy atom. The highest BCUT2D eigenvalue weighted by atomic mass is 19.4. The molecule has 0 atom stereocenters. The Morgan fingerprint density at radius 3 is 1.34 bits per heavy atom. The number of halogens is 6. The molecule has 0 fully saturated rings. The second-order valence-corrected chi connectivity index (χ2v) is 16.1. The highest BCUT2D eigenvalue weighted by molar-refractivity contribution is 6.36. The monoisotopic (exact) mass is 856 g/mol. The van der Waals surface area contributed by atoms with Crippen LogP contribution >= 0.6 is 0 Å². The van der Waals surface area contributed by atoms with E-state index in [1.807, 2.05) is 83.4 Å². The SMILES string of the molecule is Cc1cc(-c2ccc3c(c2)c2cc(-c4cc(C)cc(C(F)(F)F)c4)ccc2n3-c2cccc3c2C(=O)N(c2cc(-c4ccccc4)cc(-c4ccccc4)c2)C3=O)cc(C(F)(F)F)c1. The van der Waals surface area contributed by atoms with Gasteiger partial charge >= 0.3 is 12.4 Å². The van der Waals surface area contributed by atoms with Gasteiger partial charge in [0.05, 0.1) is 44.7 Å². The van der Waals surface area contributed by atoms with Crippen molar-refractivity contribution in [2.24, 2.45) is 0 Å². The van der Waals surface area contributed by atoms with Gasteiger partial charge in [-0.1, -0.05) is 91.0 Å². The molecule has 1 aliphatic rings. The number of benzene rings is 8. The van der Waals surface area contributed by atoms with E-state index >= 15 is 0 Å². The summed E-state index contributed by atoms with van der Waals surface area (Å²) in [5.74, 6) is -1.07. The molecule has 0 aliphatic carbocycles. The number of rotatable bonds is 6. The number of aromatic nitrogens is 1. The summed E-state index contributed by atoms with van der Waals surface area (Å²) in [5.41, 5.74) is 6.40. The molecule has 10 heteroatoms. The molecular weight excluding hydrogens is 823 g/mol. The first-order valence-corrected chi connectivity index (χ1v) is 20.4. The Labute approximate surface area is 363 Å². The average molecular weight is 857 g/mol. The molecule has 0 unspecified atom stereocenters. The van der Waals surface area contributed by atoms with E-state index in [-0.39, 0.29) is 11.1 Å². The van der Waals surface area contributed by atoms with Gasteiger partial charge in [-0.25, -0.2) is 4.90 Å². The minimum atomic E-state index is -4.59. The molecular formula is C54H34F6N2O2. The van der Waals surface area contributed by atoms with Crippen molar-refractivity contribution >= 4 is 39.3 Å². The summed E-state index contributed by atoms with van der Waals surface area (Å²) in [6, 6.07) is 48.0. The minimum Gasteiger partial charge on any atom is -0.308 e. The Hall–Kier alpha value is -7.72. The molecule has 0 saturated heterocycles. The Balaban J connectivity index is 1.18. The van der Waals surface area contributed by atoms with Gasteiger partial charge < -0.3 is 4.57 Å². The zero-order chi connectivity index (χ0) is 44.7. The largest absolute Gasteiger partial charge is 0.416 e. The van der Waals surface area contributed by atoms with Gasteiger partial charge in [0.1, 0.15) is 0 Å². The van der Waals surface area contributed by atoms with Gasteiger partial charge in [-0.3, -0.25) is 9.59 Å². The predicted molar refractivity (Wildman–Crippen MR) is 240 cm³/mol. The van der Waals surface area contributed by atoms with E-state index in [2.05, 4.69) is 0 Å². The fraction of sp³-hybridized carbons (Fsp3) is 0.0741. The normalized spacial score (nSPS) is 13.0. The number of anilines is 1. The first kappa shape index (κ1) is 40.4. The number of hydrogen-bond donors (Lipinski definition) is 0. The third-order valence-electron chi connectivity index (χ3n) is 11.8. The van der Waals surface area contributed by atoms with E-state index in [0.717, 1.165) is 46.5 Å². The lowest BCUT2D eigenvalue weighted by molar-refractivity contribution is -0.138. The van der Waals surface area contributed by atoms with E-state index in [1.54, 1.807) is 80.6 Å². The second-order valence-electron chi connectivity index (χ2n) is 16.1. The van der Waals surface area contributed by atoms with Crippen molar-refractivity contribution in [1.29, 1.82) is 0 Å². The lowest BCUT2D eigenvalue weighted by Crippen LogP contribution is -2.29. The highest BCUT2D eigenvalue weighted by Crippen LogP contribution is 2.43. The molecule has 9 aromatic rings. The van der Waals surface area contributed by atoms with Crippen molar-refractivity contribution in [3.8, 4) is 50.2 Å². The summed E-state index contributed by atoms with van der Waals surface area (Å²) in [6.07, 6.45) is -9.17. The highest BCUT2D eigenvalue weighted by Gasteiger charge is 2.40. The van der Waals surface area contributed by atoms with E-state index in [9.17, 15) is 35.9 Å². The Bertz CT molecular complexity index is 3190. The van der Waals surface area contributed by atoms with Gasteiger partial charge in [-0.2, -0.15) is 26.3 Å². The second kappa shape index (κ2) is 15.0. The molecule has 2 heterocycles. The first-order chi connectivity index (χ1) is 30.6. The van der Waals surface area contributed by atoms with E-state index in [0.29, 0.717) is 66.6 Å². The lowest BCUT2D eigenvalue weighted by Gasteiger charge is -2.18. The van der Waals surface area contributed by atoms with Gasteiger partial charge in [0.25, 0.3) is 11.8 Å². The molecule has 0 radical (unpaired) electrons. The maximum absolute atomic E-state index is 15.0. The molecule has 314 valence electrons. The van der Waals surface area contributed by atoms with E-state index < -0.39 is 35.3 Å². The van der Waals surface area contributed by atoms with Gasteiger partial charge in [-0.15, -0.1) is 0 Å². The molecule has 64 heavy (non-hydrogen) atoms. The summed E-state index contributed by atoms with van der Waals surface area (Å²) in [7, 11) is 0. The average Bonchev–Trinajstić information content (AvgIpc) is 3.75. The standard InChI is InChI=1S/C54H34F6N2O2/c1-31-20-37(25-41(22-31)53(55,56)57)35-16-18-47-45(29-35)46-30-36(38-21-32(2)23-42(26-38)54(58,59)60)17-19-48(46)62(47)49-15-9-14-44-50(49)52(64)61(51(44)63)43-27-39(33-10-5-3-6-11-33)24-40(28-43)34-12-7-4-8-13-34/h3-30H,1-2H3. The zero-order valence-electron chi connectivity index (χ0n) is 34.1.